The smallest absolute Gasteiger partial charge is 0.383 e. The van der Waals surface area contributed by atoms with E-state index in [1.165, 1.54) is 10.7 Å². The third-order valence-electron chi connectivity index (χ3n) is 3.63. The van der Waals surface area contributed by atoms with Crippen LogP contribution >= 0.6 is 11.6 Å². The molecule has 0 spiro atoms. The summed E-state index contributed by atoms with van der Waals surface area (Å²) in [6, 6.07) is 11.9. The van der Waals surface area contributed by atoms with Crippen LogP contribution in [0.1, 0.15) is 11.3 Å². The number of aryl methyl sites for hydroxylation is 1. The predicted octanol–water partition coefficient (Wildman–Crippen LogP) is 5.10. The van der Waals surface area contributed by atoms with Crippen molar-refractivity contribution in [3.63, 3.8) is 0 Å². The van der Waals surface area contributed by atoms with Gasteiger partial charge in [-0.1, -0.05) is 29.8 Å². The Morgan fingerprint density at radius 3 is 2.46 bits per heavy atom. The largest absolute Gasteiger partial charge is 0.416 e. The van der Waals surface area contributed by atoms with Crippen molar-refractivity contribution in [2.45, 2.75) is 13.1 Å². The topological polar surface area (TPSA) is 43.8 Å². The molecule has 0 aliphatic carbocycles. The second kappa shape index (κ2) is 5.87. The zero-order valence-corrected chi connectivity index (χ0v) is 13.4. The normalized spacial score (nSPS) is 11.7. The Balaban J connectivity index is 2.14. The van der Waals surface area contributed by atoms with Gasteiger partial charge in [-0.05, 0) is 42.8 Å². The van der Waals surface area contributed by atoms with Gasteiger partial charge in [-0.2, -0.15) is 18.3 Å². The summed E-state index contributed by atoms with van der Waals surface area (Å²) in [6.45, 7) is 1.70. The Kier molecular flexibility index (Phi) is 4.01. The van der Waals surface area contributed by atoms with Gasteiger partial charge in [0.25, 0.3) is 0 Å². The number of anilines is 1. The highest BCUT2D eigenvalue weighted by Gasteiger charge is 2.31. The molecular weight excluding hydrogens is 339 g/mol. The van der Waals surface area contributed by atoms with E-state index < -0.39 is 11.7 Å². The van der Waals surface area contributed by atoms with E-state index in [2.05, 4.69) is 5.10 Å². The molecule has 0 atom stereocenters. The maximum Gasteiger partial charge on any atom is 0.416 e. The maximum absolute atomic E-state index is 12.9. The van der Waals surface area contributed by atoms with Gasteiger partial charge in [0.05, 0.1) is 16.9 Å². The van der Waals surface area contributed by atoms with Crippen LogP contribution in [0.5, 0.6) is 0 Å². The molecule has 124 valence electrons. The third-order valence-corrected chi connectivity index (χ3v) is 3.86. The summed E-state index contributed by atoms with van der Waals surface area (Å²) in [7, 11) is 0. The Hall–Kier alpha value is -2.47. The van der Waals surface area contributed by atoms with Gasteiger partial charge in [0, 0.05) is 10.6 Å². The molecule has 3 rings (SSSR count). The van der Waals surface area contributed by atoms with Crippen LogP contribution in [0.2, 0.25) is 5.02 Å². The van der Waals surface area contributed by atoms with Crippen molar-refractivity contribution >= 4 is 17.4 Å². The van der Waals surface area contributed by atoms with E-state index in [1.54, 1.807) is 37.3 Å². The predicted molar refractivity (Wildman–Crippen MR) is 88.2 cm³/mol. The first-order valence-corrected chi connectivity index (χ1v) is 7.44. The molecule has 0 aliphatic rings. The summed E-state index contributed by atoms with van der Waals surface area (Å²) in [4.78, 5) is 0. The van der Waals surface area contributed by atoms with Crippen molar-refractivity contribution < 1.29 is 13.2 Å². The number of nitrogens with two attached hydrogens (primary N) is 1. The summed E-state index contributed by atoms with van der Waals surface area (Å²) in [5.41, 5.74) is 7.44. The van der Waals surface area contributed by atoms with Gasteiger partial charge >= 0.3 is 6.18 Å². The molecule has 0 fully saturated rings. The average molecular weight is 352 g/mol. The summed E-state index contributed by atoms with van der Waals surface area (Å²) >= 11 is 5.97. The zero-order chi connectivity index (χ0) is 17.5. The van der Waals surface area contributed by atoms with E-state index in [1.807, 2.05) is 0 Å². The van der Waals surface area contributed by atoms with E-state index in [4.69, 9.17) is 17.3 Å². The molecule has 0 saturated heterocycles. The average Bonchev–Trinajstić information content (AvgIpc) is 2.81. The van der Waals surface area contributed by atoms with Crippen LogP contribution in [0.4, 0.5) is 19.0 Å². The van der Waals surface area contributed by atoms with Crippen molar-refractivity contribution in [2.75, 3.05) is 5.73 Å². The molecule has 0 saturated carbocycles. The summed E-state index contributed by atoms with van der Waals surface area (Å²) in [5, 5.41) is 4.86. The molecule has 0 aliphatic heterocycles. The number of nitrogens with zero attached hydrogens (tertiary/aromatic N) is 2. The maximum atomic E-state index is 12.9. The number of hydrogen-bond donors (Lipinski definition) is 1. The van der Waals surface area contributed by atoms with Gasteiger partial charge in [0.15, 0.2) is 0 Å². The van der Waals surface area contributed by atoms with Gasteiger partial charge in [-0.25, -0.2) is 4.68 Å². The SMILES string of the molecule is Cc1nn(-c2cccc(Cl)c2)c(N)c1-c1cccc(C(F)(F)F)c1. The molecule has 0 radical (unpaired) electrons. The quantitative estimate of drug-likeness (QED) is 0.697. The first kappa shape index (κ1) is 16.4. The fraction of sp³-hybridized carbons (Fsp3) is 0.118. The lowest BCUT2D eigenvalue weighted by atomic mass is 10.0. The van der Waals surface area contributed by atoms with Crippen LogP contribution in [-0.4, -0.2) is 9.78 Å². The van der Waals surface area contributed by atoms with Gasteiger partial charge in [-0.15, -0.1) is 0 Å². The number of hydrogen-bond acceptors (Lipinski definition) is 2. The molecule has 2 N–H and O–H groups in total. The lowest BCUT2D eigenvalue weighted by Crippen LogP contribution is -2.05. The lowest BCUT2D eigenvalue weighted by molar-refractivity contribution is -0.137. The second-order valence-corrected chi connectivity index (χ2v) is 5.75. The highest BCUT2D eigenvalue weighted by molar-refractivity contribution is 6.30. The molecular formula is C17H13ClF3N3. The summed E-state index contributed by atoms with van der Waals surface area (Å²) in [5.74, 6) is 0.258. The number of nitrogen functional groups attached to an aromatic ring is 1. The second-order valence-electron chi connectivity index (χ2n) is 5.32. The Labute approximate surface area is 141 Å². The van der Waals surface area contributed by atoms with E-state index >= 15 is 0 Å². The molecule has 2 aromatic carbocycles. The van der Waals surface area contributed by atoms with Crippen molar-refractivity contribution in [2.24, 2.45) is 0 Å². The standard InChI is InChI=1S/C17H13ClF3N3/c1-10-15(11-4-2-5-12(8-11)17(19,20)21)16(22)24(23-10)14-7-3-6-13(18)9-14/h2-9H,22H2,1H3. The molecule has 1 heterocycles. The zero-order valence-electron chi connectivity index (χ0n) is 12.6. The van der Waals surface area contributed by atoms with Crippen LogP contribution in [-0.2, 0) is 6.18 Å². The lowest BCUT2D eigenvalue weighted by Gasteiger charge is -2.09. The van der Waals surface area contributed by atoms with Crippen LogP contribution in [0.15, 0.2) is 48.5 Å². The first-order chi connectivity index (χ1) is 11.3. The van der Waals surface area contributed by atoms with E-state index in [0.717, 1.165) is 12.1 Å². The fourth-order valence-corrected chi connectivity index (χ4v) is 2.74. The van der Waals surface area contributed by atoms with Crippen LogP contribution in [0.3, 0.4) is 0 Å². The minimum atomic E-state index is -4.42. The molecule has 24 heavy (non-hydrogen) atoms. The van der Waals surface area contributed by atoms with Crippen LogP contribution in [0, 0.1) is 6.92 Å². The molecule has 3 aromatic rings. The van der Waals surface area contributed by atoms with Gasteiger partial charge < -0.3 is 5.73 Å². The Morgan fingerprint density at radius 2 is 1.79 bits per heavy atom. The number of halogens is 4. The third kappa shape index (κ3) is 2.97. The van der Waals surface area contributed by atoms with Gasteiger partial charge in [-0.3, -0.25) is 0 Å². The van der Waals surface area contributed by atoms with Crippen molar-refractivity contribution in [1.29, 1.82) is 0 Å². The monoisotopic (exact) mass is 351 g/mol. The molecule has 3 nitrogen and oxygen atoms in total. The number of benzene rings is 2. The van der Waals surface area contributed by atoms with Crippen LogP contribution in [0.25, 0.3) is 16.8 Å². The Morgan fingerprint density at radius 1 is 1.08 bits per heavy atom. The van der Waals surface area contributed by atoms with E-state index in [-0.39, 0.29) is 5.82 Å². The van der Waals surface area contributed by atoms with Crippen molar-refractivity contribution in [3.8, 4) is 16.8 Å². The molecule has 0 amide bonds. The number of alkyl halides is 3. The van der Waals surface area contributed by atoms with Crippen LogP contribution < -0.4 is 5.73 Å². The van der Waals surface area contributed by atoms with Gasteiger partial charge in [0.1, 0.15) is 5.82 Å². The fourth-order valence-electron chi connectivity index (χ4n) is 2.56. The van der Waals surface area contributed by atoms with E-state index in [0.29, 0.717) is 27.5 Å². The molecule has 0 bridgehead atoms. The number of aromatic nitrogens is 2. The highest BCUT2D eigenvalue weighted by Crippen LogP contribution is 2.36. The number of rotatable bonds is 2. The molecule has 1 aromatic heterocycles. The minimum Gasteiger partial charge on any atom is -0.383 e. The highest BCUT2D eigenvalue weighted by atomic mass is 35.5. The summed E-state index contributed by atoms with van der Waals surface area (Å²) in [6.07, 6.45) is -4.42. The van der Waals surface area contributed by atoms with Gasteiger partial charge in [0.2, 0.25) is 0 Å². The minimum absolute atomic E-state index is 0.258. The molecule has 7 heteroatoms. The van der Waals surface area contributed by atoms with Crippen molar-refractivity contribution in [3.05, 3.63) is 64.8 Å². The Bertz CT molecular complexity index is 900. The first-order valence-electron chi connectivity index (χ1n) is 7.06. The van der Waals surface area contributed by atoms with E-state index in [9.17, 15) is 13.2 Å². The summed E-state index contributed by atoms with van der Waals surface area (Å²) < 4.78 is 40.3. The van der Waals surface area contributed by atoms with Crippen molar-refractivity contribution in [1.82, 2.24) is 9.78 Å². The molecule has 0 unspecified atom stereocenters.